The van der Waals surface area contributed by atoms with Crippen LogP contribution in [0.1, 0.15) is 90.9 Å². The first kappa shape index (κ1) is 19.3. The third-order valence-electron chi connectivity index (χ3n) is 4.12. The van der Waals surface area contributed by atoms with E-state index < -0.39 is 0 Å². The normalized spacial score (nSPS) is 10.9. The summed E-state index contributed by atoms with van der Waals surface area (Å²) in [5.41, 5.74) is 0. The van der Waals surface area contributed by atoms with E-state index in [1.807, 2.05) is 0 Å². The first-order valence-corrected chi connectivity index (χ1v) is 8.56. The summed E-state index contributed by atoms with van der Waals surface area (Å²) in [6.07, 6.45) is 16.0. The topological polar surface area (TPSA) is 0 Å². The fourth-order valence-electron chi connectivity index (χ4n) is 2.71. The number of rotatable bonds is 14. The van der Waals surface area contributed by atoms with Crippen molar-refractivity contribution in [2.24, 2.45) is 0 Å². The molecule has 0 amide bonds. The van der Waals surface area contributed by atoms with Gasteiger partial charge in [0.25, 0.3) is 0 Å². The molecule has 0 heterocycles. The highest BCUT2D eigenvalue weighted by atomic mass is 14.0. The van der Waals surface area contributed by atoms with Crippen molar-refractivity contribution in [2.75, 3.05) is 0 Å². The number of unbranched alkanes of at least 4 members (excludes halogenated alkanes) is 8. The lowest BCUT2D eigenvalue weighted by molar-refractivity contribution is 0.540. The van der Waals surface area contributed by atoms with E-state index in [9.17, 15) is 0 Å². The third-order valence-corrected chi connectivity index (χ3v) is 4.12. The van der Waals surface area contributed by atoms with Crippen molar-refractivity contribution >= 4 is 29.0 Å². The van der Waals surface area contributed by atoms with Gasteiger partial charge in [-0.2, -0.15) is 0 Å². The van der Waals surface area contributed by atoms with Gasteiger partial charge in [0.1, 0.15) is 0 Å². The van der Waals surface area contributed by atoms with E-state index in [0.717, 1.165) is 0 Å². The van der Waals surface area contributed by atoms with Crippen LogP contribution in [0.15, 0.2) is 0 Å². The number of hydrogen-bond acceptors (Lipinski definition) is 0. The lowest BCUT2D eigenvalue weighted by Crippen LogP contribution is -2.30. The Balaban J connectivity index is 3.70. The summed E-state index contributed by atoms with van der Waals surface area (Å²) in [6.45, 7) is 4.62. The molecule has 0 aromatic rings. The van der Waals surface area contributed by atoms with Crippen LogP contribution < -0.4 is 0 Å². The maximum absolute atomic E-state index is 6.12. The Morgan fingerprint density at radius 2 is 1.21 bits per heavy atom. The van der Waals surface area contributed by atoms with Crippen molar-refractivity contribution < 1.29 is 0 Å². The van der Waals surface area contributed by atoms with Crippen LogP contribution in [0.5, 0.6) is 0 Å². The second-order valence-electron chi connectivity index (χ2n) is 5.94. The molecule has 0 saturated heterocycles. The lowest BCUT2D eigenvalue weighted by Gasteiger charge is -2.22. The second-order valence-corrected chi connectivity index (χ2v) is 5.94. The summed E-state index contributed by atoms with van der Waals surface area (Å²) in [5, 5.41) is 0. The largest absolute Gasteiger partial charge is 0.0790 e. The minimum Gasteiger partial charge on any atom is -0.0790 e. The third kappa shape index (κ3) is 11.8. The summed E-state index contributed by atoms with van der Waals surface area (Å²) in [7, 11) is 13.4. The molecule has 0 rings (SSSR count). The maximum atomic E-state index is 6.12. The molecular formula is C15H31B4. The van der Waals surface area contributed by atoms with Gasteiger partial charge in [-0.05, 0) is 0 Å². The molecule has 0 nitrogen and oxygen atoms in total. The highest BCUT2D eigenvalue weighted by molar-refractivity contribution is 7.46. The van der Waals surface area contributed by atoms with E-state index >= 15 is 0 Å². The van der Waals surface area contributed by atoms with Gasteiger partial charge in [0, 0.05) is 29.0 Å². The van der Waals surface area contributed by atoms with Gasteiger partial charge in [0.15, 0.2) is 0 Å². The van der Waals surface area contributed by atoms with Crippen LogP contribution >= 0.6 is 0 Å². The van der Waals surface area contributed by atoms with Crippen LogP contribution in [0, 0.1) is 0 Å². The molecule has 0 aliphatic rings. The van der Waals surface area contributed by atoms with Gasteiger partial charge < -0.3 is 0 Å². The molecule has 0 unspecified atom stereocenters. The zero-order valence-electron chi connectivity index (χ0n) is 13.4. The molecule has 0 saturated carbocycles. The Bertz CT molecular complexity index is 162. The van der Waals surface area contributed by atoms with Crippen LogP contribution in [0.25, 0.3) is 0 Å². The van der Waals surface area contributed by atoms with Crippen LogP contribution in [-0.4, -0.2) is 29.0 Å². The Kier molecular flexibility index (Phi) is 14.9. The average Bonchev–Trinajstić information content (AvgIpc) is 2.43. The Hall–Kier alpha value is 0.260. The van der Waals surface area contributed by atoms with Crippen LogP contribution in [0.3, 0.4) is 0 Å². The van der Waals surface area contributed by atoms with E-state index in [-0.39, 0.29) is 6.49 Å². The molecular weight excluding hydrogens is 223 g/mol. The second kappa shape index (κ2) is 14.7. The maximum Gasteiger partial charge on any atom is 0.0491 e. The predicted molar refractivity (Wildman–Crippen MR) is 93.5 cm³/mol. The van der Waals surface area contributed by atoms with Gasteiger partial charge in [0.05, 0.1) is 0 Å². The Morgan fingerprint density at radius 3 is 1.58 bits per heavy atom. The zero-order chi connectivity index (χ0) is 14.3. The fraction of sp³-hybridized carbons (Fsp3) is 1.00. The zero-order valence-corrected chi connectivity index (χ0v) is 13.4. The quantitative estimate of drug-likeness (QED) is 0.316. The van der Waals surface area contributed by atoms with Crippen molar-refractivity contribution in [3.8, 4) is 0 Å². The molecule has 0 aromatic carbocycles. The van der Waals surface area contributed by atoms with Crippen molar-refractivity contribution in [1.82, 2.24) is 0 Å². The van der Waals surface area contributed by atoms with E-state index in [1.165, 1.54) is 77.0 Å². The van der Waals surface area contributed by atoms with Gasteiger partial charge in [0.2, 0.25) is 0 Å². The Labute approximate surface area is 126 Å². The van der Waals surface area contributed by atoms with E-state index in [0.29, 0.717) is 5.82 Å². The fourth-order valence-corrected chi connectivity index (χ4v) is 2.71. The highest BCUT2D eigenvalue weighted by Gasteiger charge is 2.16. The number of hydrogen-bond donors (Lipinski definition) is 0. The summed E-state index contributed by atoms with van der Waals surface area (Å²) < 4.78 is 0. The summed E-state index contributed by atoms with van der Waals surface area (Å²) >= 11 is 0. The smallest absolute Gasteiger partial charge is 0.0491 e. The summed E-state index contributed by atoms with van der Waals surface area (Å²) in [5.74, 6) is 0.605. The van der Waals surface area contributed by atoms with Crippen molar-refractivity contribution in [1.29, 1.82) is 0 Å². The minimum atomic E-state index is 0.0948. The highest BCUT2D eigenvalue weighted by Crippen LogP contribution is 2.25. The standard InChI is InChI=1S/C15H31B4/c1-3-5-7-9-11-13-15(19(17)18-16)14-12-10-8-6-4-2/h15H,3-14H2,1-2H3. The molecule has 0 aliphatic carbocycles. The van der Waals surface area contributed by atoms with Crippen LogP contribution in [0.2, 0.25) is 5.82 Å². The molecule has 4 heteroatoms. The SMILES string of the molecule is [B][B]B([B])C(CCCCCCC)CCCCCCC. The van der Waals surface area contributed by atoms with E-state index in [4.69, 9.17) is 15.5 Å². The van der Waals surface area contributed by atoms with Gasteiger partial charge in [-0.3, -0.25) is 0 Å². The van der Waals surface area contributed by atoms with E-state index in [1.54, 1.807) is 7.06 Å². The molecule has 0 bridgehead atoms. The molecule has 0 spiro atoms. The molecule has 0 N–H and O–H groups in total. The summed E-state index contributed by atoms with van der Waals surface area (Å²) in [6, 6.07) is 0. The molecule has 19 heavy (non-hydrogen) atoms. The molecule has 0 aromatic heterocycles. The van der Waals surface area contributed by atoms with Gasteiger partial charge in [-0.1, -0.05) is 96.7 Å². The summed E-state index contributed by atoms with van der Waals surface area (Å²) in [4.78, 5) is 0. The molecule has 5 radical (unpaired) electrons. The first-order valence-electron chi connectivity index (χ1n) is 8.56. The molecule has 103 valence electrons. The van der Waals surface area contributed by atoms with E-state index in [2.05, 4.69) is 13.8 Å². The first-order chi connectivity index (χ1) is 9.26. The molecule has 0 aliphatic heterocycles. The van der Waals surface area contributed by atoms with Gasteiger partial charge >= 0.3 is 0 Å². The van der Waals surface area contributed by atoms with Crippen molar-refractivity contribution in [3.05, 3.63) is 0 Å². The van der Waals surface area contributed by atoms with Crippen molar-refractivity contribution in [2.45, 2.75) is 96.7 Å². The van der Waals surface area contributed by atoms with Crippen LogP contribution in [0.4, 0.5) is 0 Å². The Morgan fingerprint density at radius 1 is 0.789 bits per heavy atom. The van der Waals surface area contributed by atoms with Gasteiger partial charge in [-0.25, -0.2) is 0 Å². The lowest BCUT2D eigenvalue weighted by atomic mass is 9.01. The molecule has 0 fully saturated rings. The molecule has 0 atom stereocenters. The monoisotopic (exact) mass is 255 g/mol. The van der Waals surface area contributed by atoms with Crippen molar-refractivity contribution in [3.63, 3.8) is 0 Å². The van der Waals surface area contributed by atoms with Crippen LogP contribution in [-0.2, 0) is 0 Å². The predicted octanol–water partition coefficient (Wildman–Crippen LogP) is 4.52. The average molecular weight is 255 g/mol. The minimum absolute atomic E-state index is 0.0948. The van der Waals surface area contributed by atoms with Gasteiger partial charge in [-0.15, -0.1) is 0 Å².